The molecule has 0 fully saturated rings. The second-order valence-corrected chi connectivity index (χ2v) is 18.8. The van der Waals surface area contributed by atoms with Gasteiger partial charge in [0.2, 0.25) is 0 Å². The van der Waals surface area contributed by atoms with E-state index in [1.165, 1.54) is 154 Å². The van der Waals surface area contributed by atoms with E-state index in [9.17, 15) is 19.5 Å². The highest BCUT2D eigenvalue weighted by Gasteiger charge is 2.25. The molecule has 8 heteroatoms. The summed E-state index contributed by atoms with van der Waals surface area (Å²) in [4.78, 5) is 37.0. The predicted molar refractivity (Wildman–Crippen MR) is 259 cm³/mol. The molecule has 0 saturated carbocycles. The molecule has 8 nitrogen and oxygen atoms in total. The van der Waals surface area contributed by atoms with E-state index >= 15 is 0 Å². The summed E-state index contributed by atoms with van der Waals surface area (Å²) < 4.78 is 17.2. The first-order valence-corrected chi connectivity index (χ1v) is 26.0. The van der Waals surface area contributed by atoms with Crippen molar-refractivity contribution in [1.82, 2.24) is 0 Å². The molecule has 0 aliphatic carbocycles. The van der Waals surface area contributed by atoms with Crippen LogP contribution in [0.2, 0.25) is 0 Å². The number of ether oxygens (including phenoxy) is 3. The van der Waals surface area contributed by atoms with Gasteiger partial charge in [-0.15, -0.1) is 0 Å². The quantitative estimate of drug-likeness (QED) is 0.0197. The van der Waals surface area contributed by atoms with Crippen LogP contribution in [0.4, 0.5) is 0 Å². The zero-order valence-corrected chi connectivity index (χ0v) is 41.3. The number of likely N-dealkylation sites (N-methyl/N-ethyl adjacent to an activating group) is 1. The molecule has 0 saturated heterocycles. The second-order valence-electron chi connectivity index (χ2n) is 18.8. The van der Waals surface area contributed by atoms with E-state index in [4.69, 9.17) is 14.2 Å². The first kappa shape index (κ1) is 59.5. The Balaban J connectivity index is 4.25. The molecular formula is C54H99NO7. The summed E-state index contributed by atoms with van der Waals surface area (Å²) in [5, 5.41) is 11.7. The highest BCUT2D eigenvalue weighted by molar-refractivity contribution is 5.70. The lowest BCUT2D eigenvalue weighted by Gasteiger charge is -2.34. The number of carbonyl (C=O) groups excluding carboxylic acids is 3. The zero-order chi connectivity index (χ0) is 45.6. The molecule has 62 heavy (non-hydrogen) atoms. The third kappa shape index (κ3) is 42.8. The van der Waals surface area contributed by atoms with Crippen molar-refractivity contribution in [3.05, 3.63) is 36.5 Å². The van der Waals surface area contributed by atoms with Gasteiger partial charge in [-0.3, -0.25) is 9.59 Å². The predicted octanol–water partition coefficient (Wildman–Crippen LogP) is 13.6. The van der Waals surface area contributed by atoms with E-state index in [1.807, 2.05) is 0 Å². The number of carboxylic acid groups (broad SMARTS) is 1. The van der Waals surface area contributed by atoms with Crippen molar-refractivity contribution in [2.24, 2.45) is 0 Å². The SMILES string of the molecule is CCCCCCCCC/C=C/C=C/CCCCCC(=O)OC(COCCC(C(=O)[O-])[N+](C)(C)C)COC(=O)CCCCCCCCC/C=C/CCCCCCCCCCCCC. The molecule has 362 valence electrons. The fourth-order valence-corrected chi connectivity index (χ4v) is 7.70. The van der Waals surface area contributed by atoms with Crippen LogP contribution in [0.15, 0.2) is 36.5 Å². The first-order valence-electron chi connectivity index (χ1n) is 26.0. The van der Waals surface area contributed by atoms with Crippen molar-refractivity contribution < 1.29 is 38.2 Å². The van der Waals surface area contributed by atoms with Gasteiger partial charge in [-0.25, -0.2) is 0 Å². The van der Waals surface area contributed by atoms with Crippen molar-refractivity contribution in [3.8, 4) is 0 Å². The summed E-state index contributed by atoms with van der Waals surface area (Å²) in [6.45, 7) is 4.65. The Morgan fingerprint density at radius 2 is 0.855 bits per heavy atom. The van der Waals surface area contributed by atoms with Crippen LogP contribution in [-0.2, 0) is 28.6 Å². The molecule has 0 aromatic rings. The number of hydrogen-bond donors (Lipinski definition) is 0. The lowest BCUT2D eigenvalue weighted by atomic mass is 10.0. The molecule has 0 spiro atoms. The molecule has 0 rings (SSSR count). The monoisotopic (exact) mass is 874 g/mol. The number of carboxylic acids is 1. The van der Waals surface area contributed by atoms with Crippen LogP contribution in [0.25, 0.3) is 0 Å². The van der Waals surface area contributed by atoms with Crippen LogP contribution in [0.5, 0.6) is 0 Å². The molecule has 0 aliphatic rings. The average Bonchev–Trinajstić information content (AvgIpc) is 3.23. The molecule has 0 amide bonds. The van der Waals surface area contributed by atoms with Gasteiger partial charge in [-0.2, -0.15) is 0 Å². The Morgan fingerprint density at radius 1 is 0.484 bits per heavy atom. The lowest BCUT2D eigenvalue weighted by molar-refractivity contribution is -0.889. The van der Waals surface area contributed by atoms with Crippen LogP contribution >= 0.6 is 0 Å². The number of esters is 2. The first-order chi connectivity index (χ1) is 30.1. The van der Waals surface area contributed by atoms with Gasteiger partial charge in [0.05, 0.1) is 40.3 Å². The van der Waals surface area contributed by atoms with E-state index in [0.29, 0.717) is 6.42 Å². The van der Waals surface area contributed by atoms with Gasteiger partial charge >= 0.3 is 11.9 Å². The van der Waals surface area contributed by atoms with E-state index in [2.05, 4.69) is 50.3 Å². The Labute approximate surface area is 383 Å². The molecule has 0 bridgehead atoms. The maximum Gasteiger partial charge on any atom is 0.306 e. The molecule has 2 atom stereocenters. The van der Waals surface area contributed by atoms with Crippen molar-refractivity contribution in [3.63, 3.8) is 0 Å². The molecular weight excluding hydrogens is 775 g/mol. The molecule has 2 unspecified atom stereocenters. The standard InChI is InChI=1S/C54H99NO7/c1-6-8-10-12-14-16-18-20-22-24-25-26-27-28-29-31-32-34-36-38-40-42-44-52(56)61-49-50(48-60-47-46-51(54(58)59)55(3,4)5)62-53(57)45-43-41-39-37-35-33-30-23-21-19-17-15-13-11-9-7-2/h23,27-28,30,33,35,50-51H,6-22,24-26,29,31-32,34,36-49H2,1-5H3/b28-27+,30-23+,35-33+. The molecule has 0 aromatic heterocycles. The topological polar surface area (TPSA) is 102 Å². The smallest absolute Gasteiger partial charge is 0.306 e. The zero-order valence-electron chi connectivity index (χ0n) is 41.3. The molecule has 0 aliphatic heterocycles. The minimum Gasteiger partial charge on any atom is -0.544 e. The maximum absolute atomic E-state index is 12.8. The minimum absolute atomic E-state index is 0.0302. The Bertz CT molecular complexity index is 1110. The summed E-state index contributed by atoms with van der Waals surface area (Å²) >= 11 is 0. The number of carbonyl (C=O) groups is 3. The van der Waals surface area contributed by atoms with Gasteiger partial charge in [0.15, 0.2) is 6.10 Å². The van der Waals surface area contributed by atoms with Crippen LogP contribution in [-0.4, -0.2) is 75.5 Å². The fraction of sp³-hybridized carbons (Fsp3) is 0.833. The third-order valence-corrected chi connectivity index (χ3v) is 11.8. The van der Waals surface area contributed by atoms with E-state index in [-0.39, 0.29) is 49.1 Å². The summed E-state index contributed by atoms with van der Waals surface area (Å²) in [6.07, 6.45) is 53.2. The highest BCUT2D eigenvalue weighted by atomic mass is 16.6. The number of nitrogens with zero attached hydrogens (tertiary/aromatic N) is 1. The van der Waals surface area contributed by atoms with Crippen molar-refractivity contribution in [1.29, 1.82) is 0 Å². The largest absolute Gasteiger partial charge is 0.544 e. The van der Waals surface area contributed by atoms with Gasteiger partial charge in [0, 0.05) is 19.3 Å². The van der Waals surface area contributed by atoms with Crippen LogP contribution < -0.4 is 5.11 Å². The van der Waals surface area contributed by atoms with Crippen molar-refractivity contribution in [2.45, 2.75) is 251 Å². The van der Waals surface area contributed by atoms with E-state index < -0.39 is 18.1 Å². The highest BCUT2D eigenvalue weighted by Crippen LogP contribution is 2.15. The Hall–Kier alpha value is -2.45. The maximum atomic E-state index is 12.8. The van der Waals surface area contributed by atoms with Gasteiger partial charge in [-0.1, -0.05) is 192 Å². The summed E-state index contributed by atoms with van der Waals surface area (Å²) in [6, 6.07) is -0.731. The second kappa shape index (κ2) is 45.1. The Kier molecular flexibility index (Phi) is 43.3. The van der Waals surface area contributed by atoms with Gasteiger partial charge < -0.3 is 28.6 Å². The molecule has 0 aromatic carbocycles. The van der Waals surface area contributed by atoms with Crippen LogP contribution in [0, 0.1) is 0 Å². The van der Waals surface area contributed by atoms with Gasteiger partial charge in [-0.05, 0) is 64.2 Å². The molecule has 0 N–H and O–H groups in total. The molecule has 0 radical (unpaired) electrons. The van der Waals surface area contributed by atoms with Gasteiger partial charge in [0.25, 0.3) is 0 Å². The average molecular weight is 874 g/mol. The third-order valence-electron chi connectivity index (χ3n) is 11.8. The van der Waals surface area contributed by atoms with Crippen LogP contribution in [0.3, 0.4) is 0 Å². The van der Waals surface area contributed by atoms with E-state index in [0.717, 1.165) is 51.4 Å². The Morgan fingerprint density at radius 3 is 1.27 bits per heavy atom. The van der Waals surface area contributed by atoms with Gasteiger partial charge in [0.1, 0.15) is 12.6 Å². The number of unbranched alkanes of at least 4 members (excludes halogenated alkanes) is 28. The normalized spacial score (nSPS) is 13.1. The van der Waals surface area contributed by atoms with E-state index in [1.54, 1.807) is 21.1 Å². The van der Waals surface area contributed by atoms with Crippen LogP contribution in [0.1, 0.15) is 239 Å². The number of aliphatic carboxylic acids is 1. The number of allylic oxidation sites excluding steroid dienone is 6. The lowest BCUT2D eigenvalue weighted by Crippen LogP contribution is -2.55. The summed E-state index contributed by atoms with van der Waals surface area (Å²) in [7, 11) is 5.41. The van der Waals surface area contributed by atoms with Crippen molar-refractivity contribution in [2.75, 3.05) is 41.0 Å². The minimum atomic E-state index is -1.13. The summed E-state index contributed by atoms with van der Waals surface area (Å²) in [5.74, 6) is -1.77. The number of hydrogen-bond acceptors (Lipinski definition) is 7. The fourth-order valence-electron chi connectivity index (χ4n) is 7.70. The van der Waals surface area contributed by atoms with Crippen molar-refractivity contribution >= 4 is 17.9 Å². The summed E-state index contributed by atoms with van der Waals surface area (Å²) in [5.41, 5.74) is 0. The number of quaternary nitrogens is 1. The number of rotatable bonds is 47. The molecule has 0 heterocycles.